The average Bonchev–Trinajstić information content (AvgIpc) is 2.28. The molecule has 5 heteroatoms. The molecule has 102 valence electrons. The summed E-state index contributed by atoms with van der Waals surface area (Å²) in [5.74, 6) is 0.0571. The van der Waals surface area contributed by atoms with Crippen molar-refractivity contribution in [1.29, 1.82) is 0 Å². The molecule has 0 aliphatic rings. The number of hydrogen-bond acceptors (Lipinski definition) is 3. The summed E-state index contributed by atoms with van der Waals surface area (Å²) in [5, 5.41) is 12.5. The maximum absolute atomic E-state index is 11.8. The van der Waals surface area contributed by atoms with Crippen molar-refractivity contribution >= 4 is 24.0 Å². The number of anilines is 1. The van der Waals surface area contributed by atoms with E-state index in [-0.39, 0.29) is 30.0 Å². The Kier molecular flexibility index (Phi) is 6.15. The van der Waals surface area contributed by atoms with Gasteiger partial charge in [-0.1, -0.05) is 19.9 Å². The van der Waals surface area contributed by atoms with Crippen molar-refractivity contribution in [1.82, 2.24) is 0 Å². The number of nitrogens with one attached hydrogen (secondary N) is 1. The minimum absolute atomic E-state index is 0. The van der Waals surface area contributed by atoms with Crippen LogP contribution in [-0.4, -0.2) is 17.1 Å². The Bertz CT molecular complexity index is 433. The molecule has 0 spiro atoms. The van der Waals surface area contributed by atoms with E-state index in [1.54, 1.807) is 19.1 Å². The van der Waals surface area contributed by atoms with Gasteiger partial charge >= 0.3 is 0 Å². The fourth-order valence-corrected chi connectivity index (χ4v) is 1.49. The second kappa shape index (κ2) is 6.61. The predicted octanol–water partition coefficient (Wildman–Crippen LogP) is 2.35. The van der Waals surface area contributed by atoms with Crippen LogP contribution in [0.25, 0.3) is 0 Å². The summed E-state index contributed by atoms with van der Waals surface area (Å²) in [7, 11) is 0. The van der Waals surface area contributed by atoms with Crippen molar-refractivity contribution < 1.29 is 9.90 Å². The van der Waals surface area contributed by atoms with Crippen LogP contribution in [0, 0.1) is 19.8 Å². The molecule has 1 aromatic carbocycles. The molecular weight excluding hydrogens is 252 g/mol. The lowest BCUT2D eigenvalue weighted by Crippen LogP contribution is -2.39. The van der Waals surface area contributed by atoms with Gasteiger partial charge in [0.15, 0.2) is 0 Å². The lowest BCUT2D eigenvalue weighted by molar-refractivity contribution is -0.118. The Morgan fingerprint density at radius 1 is 1.33 bits per heavy atom. The minimum atomic E-state index is -0.544. The lowest BCUT2D eigenvalue weighted by Gasteiger charge is -2.17. The van der Waals surface area contributed by atoms with E-state index in [0.29, 0.717) is 11.3 Å². The standard InChI is InChI=1S/C13H20N2O2.ClH/c1-7(2)11(14)13(17)15-10-6-5-8(3)12(16)9(10)4;/h5-7,11,16H,14H2,1-4H3,(H,15,17);1H/t11-;/m0./s1. The molecule has 1 rings (SSSR count). The van der Waals surface area contributed by atoms with Crippen LogP contribution in [0.15, 0.2) is 12.1 Å². The number of carbonyl (C=O) groups is 1. The highest BCUT2D eigenvalue weighted by Gasteiger charge is 2.18. The van der Waals surface area contributed by atoms with Crippen LogP contribution in [0.2, 0.25) is 0 Å². The molecule has 18 heavy (non-hydrogen) atoms. The normalized spacial score (nSPS) is 11.9. The smallest absolute Gasteiger partial charge is 0.241 e. The van der Waals surface area contributed by atoms with Crippen molar-refractivity contribution in [2.75, 3.05) is 5.32 Å². The van der Waals surface area contributed by atoms with E-state index in [1.165, 1.54) is 0 Å². The maximum atomic E-state index is 11.8. The molecule has 1 aromatic rings. The molecule has 0 bridgehead atoms. The van der Waals surface area contributed by atoms with Gasteiger partial charge in [0.2, 0.25) is 5.91 Å². The van der Waals surface area contributed by atoms with E-state index in [0.717, 1.165) is 5.56 Å². The summed E-state index contributed by atoms with van der Waals surface area (Å²) in [5.41, 5.74) is 7.80. The van der Waals surface area contributed by atoms with Gasteiger partial charge in [0.05, 0.1) is 6.04 Å². The van der Waals surface area contributed by atoms with Gasteiger partial charge in [0.25, 0.3) is 0 Å². The Labute approximate surface area is 114 Å². The van der Waals surface area contributed by atoms with Gasteiger partial charge in [-0.2, -0.15) is 0 Å². The number of carbonyl (C=O) groups excluding carboxylic acids is 1. The first-order valence-corrected chi connectivity index (χ1v) is 5.70. The Morgan fingerprint density at radius 2 is 1.89 bits per heavy atom. The van der Waals surface area contributed by atoms with Crippen molar-refractivity contribution in [3.05, 3.63) is 23.3 Å². The molecule has 0 radical (unpaired) electrons. The van der Waals surface area contributed by atoms with Crippen LogP contribution >= 0.6 is 12.4 Å². The van der Waals surface area contributed by atoms with Crippen LogP contribution in [0.5, 0.6) is 5.75 Å². The van der Waals surface area contributed by atoms with Gasteiger partial charge < -0.3 is 16.2 Å². The molecule has 0 heterocycles. The number of aryl methyl sites for hydroxylation is 1. The van der Waals surface area contributed by atoms with Crippen LogP contribution in [-0.2, 0) is 4.79 Å². The lowest BCUT2D eigenvalue weighted by atomic mass is 10.0. The molecule has 0 aliphatic heterocycles. The predicted molar refractivity (Wildman–Crippen MR) is 76.3 cm³/mol. The average molecular weight is 273 g/mol. The minimum Gasteiger partial charge on any atom is -0.507 e. The summed E-state index contributed by atoms with van der Waals surface area (Å²) >= 11 is 0. The number of phenols is 1. The SMILES string of the molecule is Cc1ccc(NC(=O)[C@@H](N)C(C)C)c(C)c1O.Cl. The van der Waals surface area contributed by atoms with Gasteiger partial charge in [-0.05, 0) is 31.4 Å². The molecule has 0 saturated heterocycles. The highest BCUT2D eigenvalue weighted by atomic mass is 35.5. The van der Waals surface area contributed by atoms with Gasteiger partial charge in [-0.25, -0.2) is 0 Å². The second-order valence-electron chi connectivity index (χ2n) is 4.66. The topological polar surface area (TPSA) is 75.4 Å². The summed E-state index contributed by atoms with van der Waals surface area (Å²) in [6.45, 7) is 7.36. The number of phenolic OH excluding ortho intramolecular Hbond substituents is 1. The molecule has 1 atom stereocenters. The Hall–Kier alpha value is -1.26. The zero-order chi connectivity index (χ0) is 13.2. The van der Waals surface area contributed by atoms with Crippen LogP contribution in [0.3, 0.4) is 0 Å². The summed E-state index contributed by atoms with van der Waals surface area (Å²) < 4.78 is 0. The monoisotopic (exact) mass is 272 g/mol. The molecule has 4 nitrogen and oxygen atoms in total. The maximum Gasteiger partial charge on any atom is 0.241 e. The summed E-state index contributed by atoms with van der Waals surface area (Å²) in [6, 6.07) is 2.99. The van der Waals surface area contributed by atoms with Crippen molar-refractivity contribution in [2.24, 2.45) is 11.7 Å². The largest absolute Gasteiger partial charge is 0.507 e. The molecule has 4 N–H and O–H groups in total. The van der Waals surface area contributed by atoms with E-state index in [4.69, 9.17) is 5.73 Å². The number of benzene rings is 1. The van der Waals surface area contributed by atoms with Gasteiger partial charge in [0.1, 0.15) is 5.75 Å². The number of aromatic hydroxyl groups is 1. The first kappa shape index (κ1) is 16.7. The van der Waals surface area contributed by atoms with Crippen molar-refractivity contribution in [3.8, 4) is 5.75 Å². The van der Waals surface area contributed by atoms with E-state index in [9.17, 15) is 9.90 Å². The first-order valence-electron chi connectivity index (χ1n) is 5.70. The number of rotatable bonds is 3. The summed E-state index contributed by atoms with van der Waals surface area (Å²) in [4.78, 5) is 11.8. The third-order valence-electron chi connectivity index (χ3n) is 2.91. The zero-order valence-electron chi connectivity index (χ0n) is 11.2. The highest BCUT2D eigenvalue weighted by Crippen LogP contribution is 2.28. The molecule has 0 aliphatic carbocycles. The quantitative estimate of drug-likeness (QED) is 0.791. The second-order valence-corrected chi connectivity index (χ2v) is 4.66. The number of amides is 1. The number of halogens is 1. The Morgan fingerprint density at radius 3 is 2.39 bits per heavy atom. The third kappa shape index (κ3) is 3.62. The fraction of sp³-hybridized carbons (Fsp3) is 0.462. The molecule has 0 aromatic heterocycles. The summed E-state index contributed by atoms with van der Waals surface area (Å²) in [6.07, 6.45) is 0. The van der Waals surface area contributed by atoms with Crippen molar-refractivity contribution in [2.45, 2.75) is 33.7 Å². The molecule has 1 amide bonds. The van der Waals surface area contributed by atoms with Crippen LogP contribution in [0.1, 0.15) is 25.0 Å². The van der Waals surface area contributed by atoms with Crippen LogP contribution < -0.4 is 11.1 Å². The van der Waals surface area contributed by atoms with E-state index in [2.05, 4.69) is 5.32 Å². The van der Waals surface area contributed by atoms with Crippen molar-refractivity contribution in [3.63, 3.8) is 0 Å². The fourth-order valence-electron chi connectivity index (χ4n) is 1.49. The first-order chi connectivity index (χ1) is 7.84. The Balaban J connectivity index is 0.00000289. The molecule has 0 saturated carbocycles. The number of nitrogens with two attached hydrogens (primary N) is 1. The van der Waals surface area contributed by atoms with E-state index >= 15 is 0 Å². The highest BCUT2D eigenvalue weighted by molar-refractivity contribution is 5.95. The zero-order valence-corrected chi connectivity index (χ0v) is 12.0. The van der Waals surface area contributed by atoms with Crippen LogP contribution in [0.4, 0.5) is 5.69 Å². The molecule has 0 fully saturated rings. The van der Waals surface area contributed by atoms with Gasteiger partial charge in [-0.3, -0.25) is 4.79 Å². The van der Waals surface area contributed by atoms with E-state index in [1.807, 2.05) is 20.8 Å². The van der Waals surface area contributed by atoms with Gasteiger partial charge in [0, 0.05) is 11.3 Å². The van der Waals surface area contributed by atoms with Gasteiger partial charge in [-0.15, -0.1) is 12.4 Å². The molecule has 0 unspecified atom stereocenters. The third-order valence-corrected chi connectivity index (χ3v) is 2.91. The number of hydrogen-bond donors (Lipinski definition) is 3. The van der Waals surface area contributed by atoms with E-state index < -0.39 is 6.04 Å². The molecular formula is C13H21ClN2O2.